The summed E-state index contributed by atoms with van der Waals surface area (Å²) in [4.78, 5) is 12.8. The van der Waals surface area contributed by atoms with Crippen molar-refractivity contribution in [2.24, 2.45) is 0 Å². The summed E-state index contributed by atoms with van der Waals surface area (Å²) in [7, 11) is 0. The third kappa shape index (κ3) is 2.99. The Labute approximate surface area is 132 Å². The van der Waals surface area contributed by atoms with Crippen LogP contribution in [-0.4, -0.2) is 11.6 Å². The lowest BCUT2D eigenvalue weighted by Gasteiger charge is -2.21. The summed E-state index contributed by atoms with van der Waals surface area (Å²) in [6, 6.07) is 6.16. The molecule has 2 aliphatic carbocycles. The van der Waals surface area contributed by atoms with E-state index in [0.29, 0.717) is 11.6 Å². The number of hydrogen-bond acceptors (Lipinski definition) is 2. The van der Waals surface area contributed by atoms with E-state index < -0.39 is 0 Å². The molecule has 0 spiro atoms. The smallest absolute Gasteiger partial charge is 0.255 e. The van der Waals surface area contributed by atoms with Gasteiger partial charge in [0.1, 0.15) is 0 Å². The van der Waals surface area contributed by atoms with Crippen LogP contribution in [0.5, 0.6) is 0 Å². The van der Waals surface area contributed by atoms with Gasteiger partial charge < -0.3 is 10.7 Å². The maximum absolute atomic E-state index is 12.8. The molecule has 1 fully saturated rings. The van der Waals surface area contributed by atoms with E-state index >= 15 is 0 Å². The molecule has 3 heteroatoms. The minimum atomic E-state index is 0.00986. The molecule has 0 heterocycles. The summed E-state index contributed by atoms with van der Waals surface area (Å²) in [6.45, 7) is 3.83. The highest BCUT2D eigenvalue weighted by Crippen LogP contribution is 2.42. The van der Waals surface area contributed by atoms with E-state index in [-0.39, 0.29) is 5.91 Å². The zero-order valence-corrected chi connectivity index (χ0v) is 13.5. The van der Waals surface area contributed by atoms with Crippen LogP contribution >= 0.6 is 0 Å². The lowest BCUT2D eigenvalue weighted by molar-refractivity contribution is 0.0962. The molecule has 1 aromatic carbocycles. The van der Waals surface area contributed by atoms with Crippen LogP contribution in [0, 0.1) is 12.3 Å². The van der Waals surface area contributed by atoms with Gasteiger partial charge in [0.15, 0.2) is 0 Å². The van der Waals surface area contributed by atoms with Gasteiger partial charge in [0.25, 0.3) is 5.91 Å². The van der Waals surface area contributed by atoms with E-state index in [1.54, 1.807) is 0 Å². The van der Waals surface area contributed by atoms with Crippen LogP contribution in [-0.2, 0) is 0 Å². The Morgan fingerprint density at radius 3 is 2.64 bits per heavy atom. The highest BCUT2D eigenvalue weighted by molar-refractivity contribution is 6.01. The topological polar surface area (TPSA) is 53.0 Å². The Bertz CT molecular complexity index is 653. The van der Waals surface area contributed by atoms with Gasteiger partial charge in [-0.1, -0.05) is 18.2 Å². The maximum atomic E-state index is 12.8. The molecule has 1 saturated carbocycles. The van der Waals surface area contributed by atoms with Crippen molar-refractivity contribution in [1.29, 1.82) is 5.41 Å². The fourth-order valence-corrected chi connectivity index (χ4v) is 3.39. The Morgan fingerprint density at radius 1 is 1.23 bits per heavy atom. The van der Waals surface area contributed by atoms with Gasteiger partial charge >= 0.3 is 0 Å². The van der Waals surface area contributed by atoms with Crippen LogP contribution in [0.15, 0.2) is 29.5 Å². The Hall–Kier alpha value is -1.90. The highest BCUT2D eigenvalue weighted by Gasteiger charge is 2.29. The van der Waals surface area contributed by atoms with Crippen molar-refractivity contribution in [3.05, 3.63) is 46.2 Å². The predicted octanol–water partition coefficient (Wildman–Crippen LogP) is 4.47. The van der Waals surface area contributed by atoms with Crippen LogP contribution < -0.4 is 5.32 Å². The van der Waals surface area contributed by atoms with Crippen molar-refractivity contribution in [2.75, 3.05) is 0 Å². The molecule has 0 unspecified atom stereocenters. The first-order valence-electron chi connectivity index (χ1n) is 8.26. The number of amides is 1. The normalized spacial score (nSPS) is 18.3. The fourth-order valence-electron chi connectivity index (χ4n) is 3.39. The number of carbonyl (C=O) groups excluding carboxylic acids is 1. The molecule has 0 saturated heterocycles. The minimum absolute atomic E-state index is 0.00986. The third-order valence-corrected chi connectivity index (χ3v) is 4.73. The Balaban J connectivity index is 1.90. The molecule has 22 heavy (non-hydrogen) atoms. The van der Waals surface area contributed by atoms with Gasteiger partial charge in [-0.15, -0.1) is 0 Å². The first-order valence-corrected chi connectivity index (χ1v) is 8.26. The number of aryl methyl sites for hydroxylation is 1. The van der Waals surface area contributed by atoms with Crippen molar-refractivity contribution in [2.45, 2.75) is 58.3 Å². The molecule has 0 radical (unpaired) electrons. The van der Waals surface area contributed by atoms with Gasteiger partial charge in [-0.2, -0.15) is 0 Å². The van der Waals surface area contributed by atoms with Gasteiger partial charge in [-0.05, 0) is 75.0 Å². The second-order valence-electron chi connectivity index (χ2n) is 6.56. The molecular weight excluding hydrogens is 272 g/mol. The average molecular weight is 296 g/mol. The molecule has 3 rings (SSSR count). The van der Waals surface area contributed by atoms with E-state index in [2.05, 4.69) is 11.4 Å². The molecule has 0 aliphatic heterocycles. The Morgan fingerprint density at radius 2 is 1.95 bits per heavy atom. The predicted molar refractivity (Wildman–Crippen MR) is 89.5 cm³/mol. The van der Waals surface area contributed by atoms with Gasteiger partial charge in [0, 0.05) is 17.0 Å². The lowest BCUT2D eigenvalue weighted by Crippen LogP contribution is -2.28. The highest BCUT2D eigenvalue weighted by atomic mass is 16.1. The maximum Gasteiger partial charge on any atom is 0.255 e. The van der Waals surface area contributed by atoms with Gasteiger partial charge in [-0.3, -0.25) is 4.79 Å². The van der Waals surface area contributed by atoms with E-state index in [0.717, 1.165) is 48.1 Å². The Kier molecular flexibility index (Phi) is 4.14. The summed E-state index contributed by atoms with van der Waals surface area (Å²) >= 11 is 0. The molecular formula is C19H24N2O. The van der Waals surface area contributed by atoms with E-state index in [9.17, 15) is 4.79 Å². The summed E-state index contributed by atoms with van der Waals surface area (Å²) in [5, 5.41) is 11.1. The summed E-state index contributed by atoms with van der Waals surface area (Å²) in [5.41, 5.74) is 5.68. The van der Waals surface area contributed by atoms with E-state index in [1.165, 1.54) is 18.4 Å². The van der Waals surface area contributed by atoms with Crippen molar-refractivity contribution >= 4 is 11.6 Å². The van der Waals surface area contributed by atoms with Gasteiger partial charge in [0.05, 0.1) is 0 Å². The average Bonchev–Trinajstić information content (AvgIpc) is 3.31. The van der Waals surface area contributed by atoms with Crippen LogP contribution in [0.3, 0.4) is 0 Å². The number of carbonyl (C=O) groups is 1. The number of rotatable bonds is 4. The quantitative estimate of drug-likeness (QED) is 0.791. The van der Waals surface area contributed by atoms with Crippen LogP contribution in [0.2, 0.25) is 0 Å². The molecule has 1 aromatic rings. The fraction of sp³-hybridized carbons (Fsp3) is 0.474. The second-order valence-corrected chi connectivity index (χ2v) is 6.56. The van der Waals surface area contributed by atoms with Crippen molar-refractivity contribution in [1.82, 2.24) is 5.32 Å². The SMILES string of the molecule is CC(=N)C1=C(NC(=O)c2c(C)cccc2C2CC2)CCCC1. The molecule has 116 valence electrons. The summed E-state index contributed by atoms with van der Waals surface area (Å²) in [6.07, 6.45) is 6.38. The zero-order valence-electron chi connectivity index (χ0n) is 13.5. The first-order chi connectivity index (χ1) is 10.6. The summed E-state index contributed by atoms with van der Waals surface area (Å²) < 4.78 is 0. The van der Waals surface area contributed by atoms with E-state index in [1.807, 2.05) is 26.0 Å². The molecule has 3 nitrogen and oxygen atoms in total. The number of benzene rings is 1. The monoisotopic (exact) mass is 296 g/mol. The van der Waals surface area contributed by atoms with Gasteiger partial charge in [0.2, 0.25) is 0 Å². The van der Waals surface area contributed by atoms with Crippen molar-refractivity contribution < 1.29 is 4.79 Å². The molecule has 0 aromatic heterocycles. The van der Waals surface area contributed by atoms with Crippen LogP contribution in [0.1, 0.15) is 72.9 Å². The number of nitrogens with one attached hydrogen (secondary N) is 2. The number of allylic oxidation sites excluding steroid dienone is 2. The minimum Gasteiger partial charge on any atom is -0.325 e. The van der Waals surface area contributed by atoms with Crippen LogP contribution in [0.4, 0.5) is 0 Å². The standard InChI is InChI=1S/C19H24N2O/c1-12-6-5-8-16(14-10-11-14)18(12)19(22)21-17-9-4-3-7-15(17)13(2)20/h5-6,8,14,20H,3-4,7,9-11H2,1-2H3,(H,21,22). The molecule has 0 bridgehead atoms. The molecule has 2 N–H and O–H groups in total. The molecule has 1 amide bonds. The summed E-state index contributed by atoms with van der Waals surface area (Å²) in [5.74, 6) is 0.570. The van der Waals surface area contributed by atoms with Crippen molar-refractivity contribution in [3.63, 3.8) is 0 Å². The number of hydrogen-bond donors (Lipinski definition) is 2. The van der Waals surface area contributed by atoms with Crippen molar-refractivity contribution in [3.8, 4) is 0 Å². The first kappa shape index (κ1) is 15.0. The van der Waals surface area contributed by atoms with E-state index in [4.69, 9.17) is 5.41 Å². The third-order valence-electron chi connectivity index (χ3n) is 4.73. The molecule has 0 atom stereocenters. The largest absolute Gasteiger partial charge is 0.325 e. The van der Waals surface area contributed by atoms with Gasteiger partial charge in [-0.25, -0.2) is 0 Å². The zero-order chi connectivity index (χ0) is 15.7. The van der Waals surface area contributed by atoms with Crippen LogP contribution in [0.25, 0.3) is 0 Å². The molecule has 2 aliphatic rings. The second kappa shape index (κ2) is 6.07. The lowest BCUT2D eigenvalue weighted by atomic mass is 9.92.